The molecule has 13 nitrogen and oxygen atoms in total. The molecule has 1 heterocycles. The first kappa shape index (κ1) is 30.6. The number of alkyl carbamates (subject to hydrolysis) is 1. The van der Waals surface area contributed by atoms with Crippen molar-refractivity contribution in [1.82, 2.24) is 21.4 Å². The number of ether oxygens (including phenoxy) is 3. The highest BCUT2D eigenvalue weighted by Crippen LogP contribution is 2.51. The summed E-state index contributed by atoms with van der Waals surface area (Å²) in [6, 6.07) is 9.40. The fraction of sp³-hybridized carbons (Fsp3) is 0.452. The zero-order chi connectivity index (χ0) is 31.1. The maximum Gasteiger partial charge on any atom is 0.408 e. The van der Waals surface area contributed by atoms with Gasteiger partial charge in [-0.05, 0) is 48.8 Å². The minimum Gasteiger partial charge on any atom is -0.493 e. The van der Waals surface area contributed by atoms with E-state index in [2.05, 4.69) is 26.4 Å². The van der Waals surface area contributed by atoms with Gasteiger partial charge in [0.2, 0.25) is 5.96 Å². The molecular formula is C31H38N6O7. The summed E-state index contributed by atoms with van der Waals surface area (Å²) in [6.07, 6.45) is 3.41. The van der Waals surface area contributed by atoms with Gasteiger partial charge in [0.1, 0.15) is 12.6 Å². The van der Waals surface area contributed by atoms with E-state index in [0.717, 1.165) is 48.2 Å². The number of aliphatic imine (C=N–C) groups is 1. The first-order valence-corrected chi connectivity index (χ1v) is 14.8. The van der Waals surface area contributed by atoms with Crippen LogP contribution < -0.4 is 30.8 Å². The number of carbonyl (C=O) groups is 3. The van der Waals surface area contributed by atoms with Crippen LogP contribution in [0.1, 0.15) is 58.6 Å². The molecule has 0 aromatic heterocycles. The number of hydrazone groups is 1. The van der Waals surface area contributed by atoms with Crippen molar-refractivity contribution in [2.75, 3.05) is 33.9 Å². The first-order valence-electron chi connectivity index (χ1n) is 14.8. The molecule has 5 N–H and O–H groups in total. The maximum absolute atomic E-state index is 13.5. The highest BCUT2D eigenvalue weighted by molar-refractivity contribution is 5.99. The van der Waals surface area contributed by atoms with Crippen molar-refractivity contribution < 1.29 is 33.7 Å². The smallest absolute Gasteiger partial charge is 0.408 e. The van der Waals surface area contributed by atoms with Gasteiger partial charge in [-0.25, -0.2) is 20.0 Å². The predicted octanol–water partition coefficient (Wildman–Crippen LogP) is 2.55. The van der Waals surface area contributed by atoms with Gasteiger partial charge in [-0.1, -0.05) is 36.8 Å². The van der Waals surface area contributed by atoms with Crippen molar-refractivity contribution in [2.24, 2.45) is 16.0 Å². The minimum atomic E-state index is -1.42. The van der Waals surface area contributed by atoms with Crippen LogP contribution in [0.15, 0.2) is 46.5 Å². The van der Waals surface area contributed by atoms with E-state index in [1.807, 2.05) is 6.07 Å². The summed E-state index contributed by atoms with van der Waals surface area (Å²) in [6.45, 7) is 1.11. The zero-order valence-electron chi connectivity index (χ0n) is 24.9. The van der Waals surface area contributed by atoms with Crippen LogP contribution in [0.4, 0.5) is 4.79 Å². The number of hydrogen-bond acceptors (Lipinski definition) is 10. The third-order valence-electron chi connectivity index (χ3n) is 8.23. The molecule has 5 rings (SSSR count). The van der Waals surface area contributed by atoms with E-state index in [9.17, 15) is 19.5 Å². The standard InChI is InChI=1S/C31H38N6O7/c1-42-26-22(28(38)34-16-24(29(39)40)35-31(41)44-17-18-7-4-3-5-8-18)15-19-11-12-23(36-37-30-32-13-14-33-30)20-9-6-10-21(20)25(19)27(26)43-2/h3-5,7-8,15,20-21,24H,6,9-14,16-17H2,1-2H3,(H,34,38)(H,35,41)(H,39,40)(H2,32,33,37)/b36-23-. The number of guanidine groups is 1. The number of hydrogen-bond donors (Lipinski definition) is 5. The molecular weight excluding hydrogens is 568 g/mol. The van der Waals surface area contributed by atoms with E-state index in [4.69, 9.17) is 19.3 Å². The zero-order valence-corrected chi connectivity index (χ0v) is 24.9. The van der Waals surface area contributed by atoms with Crippen LogP contribution in [0.5, 0.6) is 11.5 Å². The number of benzene rings is 2. The van der Waals surface area contributed by atoms with Gasteiger partial charge >= 0.3 is 12.1 Å². The molecule has 0 saturated heterocycles. The largest absolute Gasteiger partial charge is 0.493 e. The molecule has 44 heavy (non-hydrogen) atoms. The number of aliphatic carboxylic acids is 1. The molecule has 2 aromatic carbocycles. The Bertz CT molecular complexity index is 1440. The van der Waals surface area contributed by atoms with Gasteiger partial charge in [0.05, 0.1) is 26.3 Å². The van der Waals surface area contributed by atoms with E-state index in [1.165, 1.54) is 7.11 Å². The second-order valence-corrected chi connectivity index (χ2v) is 10.9. The lowest BCUT2D eigenvalue weighted by atomic mass is 9.84. The number of fused-ring (bicyclic) bond motifs is 3. The number of methoxy groups -OCH3 is 2. The molecule has 234 valence electrons. The quantitative estimate of drug-likeness (QED) is 0.255. The van der Waals surface area contributed by atoms with Gasteiger partial charge < -0.3 is 35.3 Å². The van der Waals surface area contributed by atoms with Crippen LogP contribution in [0.2, 0.25) is 0 Å². The fourth-order valence-corrected chi connectivity index (χ4v) is 6.18. The molecule has 2 aromatic rings. The average Bonchev–Trinajstić information content (AvgIpc) is 3.72. The first-order chi connectivity index (χ1) is 21.4. The molecule has 3 atom stereocenters. The fourth-order valence-electron chi connectivity index (χ4n) is 6.18. The molecule has 3 aliphatic rings. The third-order valence-corrected chi connectivity index (χ3v) is 8.23. The van der Waals surface area contributed by atoms with Gasteiger partial charge in [-0.15, -0.1) is 0 Å². The normalized spacial score (nSPS) is 20.2. The lowest BCUT2D eigenvalue weighted by molar-refractivity contribution is -0.139. The van der Waals surface area contributed by atoms with Gasteiger partial charge in [-0.3, -0.25) is 4.79 Å². The highest BCUT2D eigenvalue weighted by Gasteiger charge is 2.40. The summed E-state index contributed by atoms with van der Waals surface area (Å²) < 4.78 is 16.8. The summed E-state index contributed by atoms with van der Waals surface area (Å²) >= 11 is 0. The van der Waals surface area contributed by atoms with Gasteiger partial charge in [0.25, 0.3) is 5.91 Å². The molecule has 0 spiro atoms. The van der Waals surface area contributed by atoms with E-state index in [0.29, 0.717) is 31.1 Å². The van der Waals surface area contributed by atoms with Crippen LogP contribution in [0, 0.1) is 5.92 Å². The van der Waals surface area contributed by atoms with Gasteiger partial charge in [0, 0.05) is 30.3 Å². The van der Waals surface area contributed by atoms with E-state index in [1.54, 1.807) is 37.4 Å². The molecule has 3 unspecified atom stereocenters. The maximum atomic E-state index is 13.5. The van der Waals surface area contributed by atoms with Gasteiger partial charge in [-0.2, -0.15) is 5.10 Å². The Hall–Kier alpha value is -4.81. The minimum absolute atomic E-state index is 0.0204. The molecule has 2 aliphatic carbocycles. The van der Waals surface area contributed by atoms with Crippen molar-refractivity contribution in [1.29, 1.82) is 0 Å². The number of nitrogens with one attached hydrogen (secondary N) is 4. The lowest BCUT2D eigenvalue weighted by Crippen LogP contribution is -2.48. The van der Waals surface area contributed by atoms with Crippen LogP contribution in [0.3, 0.4) is 0 Å². The van der Waals surface area contributed by atoms with Crippen molar-refractivity contribution in [3.63, 3.8) is 0 Å². The summed E-state index contributed by atoms with van der Waals surface area (Å²) in [5, 5.41) is 22.6. The number of carbonyl (C=O) groups excluding carboxylic acids is 2. The van der Waals surface area contributed by atoms with Crippen molar-refractivity contribution in [3.8, 4) is 11.5 Å². The number of amides is 2. The Morgan fingerprint density at radius 3 is 2.57 bits per heavy atom. The Morgan fingerprint density at radius 2 is 1.86 bits per heavy atom. The summed E-state index contributed by atoms with van der Waals surface area (Å²) in [4.78, 5) is 42.0. The number of nitrogens with zero attached hydrogens (tertiary/aromatic N) is 2. The molecule has 0 bridgehead atoms. The number of carboxylic acid groups (broad SMARTS) is 1. The van der Waals surface area contributed by atoms with Crippen LogP contribution in [-0.4, -0.2) is 74.6 Å². The summed E-state index contributed by atoms with van der Waals surface area (Å²) in [5.74, 6) is -0.0599. The Morgan fingerprint density at radius 1 is 1.09 bits per heavy atom. The Labute approximate surface area is 255 Å². The summed E-state index contributed by atoms with van der Waals surface area (Å²) in [5.41, 5.74) is 7.10. The SMILES string of the molecule is COc1c(C(=O)NCC(NC(=O)OCc2ccccc2)C(=O)O)cc2c(c1OC)C1CCCC1/C(=N\NC1=NCCN1)CC2. The predicted molar refractivity (Wildman–Crippen MR) is 162 cm³/mol. The lowest BCUT2D eigenvalue weighted by Gasteiger charge is -2.25. The molecule has 1 fully saturated rings. The van der Waals surface area contributed by atoms with E-state index >= 15 is 0 Å². The Balaban J connectivity index is 1.32. The average molecular weight is 607 g/mol. The monoisotopic (exact) mass is 606 g/mol. The summed E-state index contributed by atoms with van der Waals surface area (Å²) in [7, 11) is 3.03. The van der Waals surface area contributed by atoms with E-state index < -0.39 is 24.0 Å². The van der Waals surface area contributed by atoms with Crippen molar-refractivity contribution in [2.45, 2.75) is 50.7 Å². The van der Waals surface area contributed by atoms with E-state index in [-0.39, 0.29) is 36.3 Å². The van der Waals surface area contributed by atoms with Crippen molar-refractivity contribution in [3.05, 3.63) is 58.7 Å². The molecule has 2 amide bonds. The van der Waals surface area contributed by atoms with Crippen LogP contribution in [0.25, 0.3) is 0 Å². The second kappa shape index (κ2) is 14.1. The second-order valence-electron chi connectivity index (χ2n) is 10.9. The molecule has 1 saturated carbocycles. The Kier molecular flexibility index (Phi) is 9.82. The van der Waals surface area contributed by atoms with Crippen molar-refractivity contribution >= 4 is 29.6 Å². The topological polar surface area (TPSA) is 172 Å². The number of carboxylic acids is 1. The van der Waals surface area contributed by atoms with Crippen LogP contribution >= 0.6 is 0 Å². The molecule has 13 heteroatoms. The highest BCUT2D eigenvalue weighted by atomic mass is 16.5. The third kappa shape index (κ3) is 6.87. The number of aryl methyl sites for hydroxylation is 1. The molecule has 1 aliphatic heterocycles. The van der Waals surface area contributed by atoms with Crippen LogP contribution in [-0.2, 0) is 22.6 Å². The molecule has 0 radical (unpaired) electrons. The van der Waals surface area contributed by atoms with Gasteiger partial charge in [0.15, 0.2) is 11.5 Å². The number of rotatable bonds is 10.